The highest BCUT2D eigenvalue weighted by Crippen LogP contribution is 2.67. The zero-order chi connectivity index (χ0) is 15.5. The van der Waals surface area contributed by atoms with Crippen molar-refractivity contribution in [3.05, 3.63) is 0 Å². The van der Waals surface area contributed by atoms with Crippen LogP contribution in [0.3, 0.4) is 0 Å². The number of carbonyl (C=O) groups excluding carboxylic acids is 1. The molecular formula is C21H34O. The molecule has 0 aromatic heterocycles. The molecule has 1 heteroatoms. The minimum absolute atomic E-state index is 0.338. The lowest BCUT2D eigenvalue weighted by molar-refractivity contribution is -0.133. The van der Waals surface area contributed by atoms with Crippen molar-refractivity contribution in [1.29, 1.82) is 0 Å². The molecule has 1 nitrogen and oxygen atoms in total. The fraction of sp³-hybridized carbons (Fsp3) is 0.952. The van der Waals surface area contributed by atoms with Crippen LogP contribution in [0.4, 0.5) is 0 Å². The van der Waals surface area contributed by atoms with Gasteiger partial charge in [0.1, 0.15) is 5.78 Å². The van der Waals surface area contributed by atoms with Crippen LogP contribution >= 0.6 is 0 Å². The molecule has 0 heterocycles. The van der Waals surface area contributed by atoms with Crippen molar-refractivity contribution >= 4 is 5.78 Å². The summed E-state index contributed by atoms with van der Waals surface area (Å²) in [6.07, 6.45) is 14.1. The van der Waals surface area contributed by atoms with Gasteiger partial charge in [-0.1, -0.05) is 26.7 Å². The molecule has 0 radical (unpaired) electrons. The number of fused-ring (bicyclic) bond motifs is 5. The van der Waals surface area contributed by atoms with Crippen molar-refractivity contribution in [2.24, 2.45) is 40.4 Å². The quantitative estimate of drug-likeness (QED) is 0.614. The summed E-state index contributed by atoms with van der Waals surface area (Å²) < 4.78 is 0. The van der Waals surface area contributed by atoms with Gasteiger partial charge in [0.05, 0.1) is 0 Å². The Morgan fingerprint density at radius 1 is 0.818 bits per heavy atom. The third-order valence-corrected chi connectivity index (χ3v) is 9.07. The molecular weight excluding hydrogens is 268 g/mol. The Balaban J connectivity index is 1.63. The van der Waals surface area contributed by atoms with Gasteiger partial charge < -0.3 is 0 Å². The van der Waals surface area contributed by atoms with Crippen molar-refractivity contribution < 1.29 is 4.79 Å². The predicted octanol–water partition coefficient (Wildman–Crippen LogP) is 5.62. The van der Waals surface area contributed by atoms with E-state index in [0.717, 1.165) is 23.7 Å². The first-order chi connectivity index (χ1) is 10.5. The van der Waals surface area contributed by atoms with Crippen LogP contribution in [-0.2, 0) is 4.79 Å². The molecule has 6 unspecified atom stereocenters. The lowest BCUT2D eigenvalue weighted by Crippen LogP contribution is -2.53. The number of hydrogen-bond acceptors (Lipinski definition) is 1. The first kappa shape index (κ1) is 15.2. The molecule has 4 aliphatic carbocycles. The average Bonchev–Trinajstić information content (AvgIpc) is 2.84. The Morgan fingerprint density at radius 3 is 2.36 bits per heavy atom. The molecule has 0 aromatic carbocycles. The number of carbonyl (C=O) groups is 1. The van der Waals surface area contributed by atoms with E-state index in [-0.39, 0.29) is 0 Å². The zero-order valence-electron chi connectivity index (χ0n) is 14.9. The van der Waals surface area contributed by atoms with E-state index < -0.39 is 0 Å². The van der Waals surface area contributed by atoms with Crippen molar-refractivity contribution in [3.8, 4) is 0 Å². The first-order valence-electron chi connectivity index (χ1n) is 9.97. The van der Waals surface area contributed by atoms with Crippen LogP contribution in [0.25, 0.3) is 0 Å². The molecule has 0 N–H and O–H groups in total. The highest BCUT2D eigenvalue weighted by atomic mass is 16.1. The van der Waals surface area contributed by atoms with Crippen LogP contribution in [0.5, 0.6) is 0 Å². The molecule has 124 valence electrons. The zero-order valence-corrected chi connectivity index (χ0v) is 14.9. The second kappa shape index (κ2) is 5.08. The number of ketones is 1. The van der Waals surface area contributed by atoms with Gasteiger partial charge in [0.25, 0.3) is 0 Å². The fourth-order valence-electron chi connectivity index (χ4n) is 7.96. The van der Waals surface area contributed by atoms with E-state index >= 15 is 0 Å². The molecule has 7 atom stereocenters. The Morgan fingerprint density at radius 2 is 1.59 bits per heavy atom. The van der Waals surface area contributed by atoms with Gasteiger partial charge >= 0.3 is 0 Å². The molecule has 22 heavy (non-hydrogen) atoms. The molecule has 0 saturated heterocycles. The second-order valence-electron chi connectivity index (χ2n) is 9.69. The van der Waals surface area contributed by atoms with Gasteiger partial charge in [-0.15, -0.1) is 0 Å². The van der Waals surface area contributed by atoms with Gasteiger partial charge in [0, 0.05) is 5.92 Å². The SMILES string of the molecule is CC(=O)[C@H]1CCC2C3CCC4CCCCC4(C)C3CCC21C. The summed E-state index contributed by atoms with van der Waals surface area (Å²) in [5, 5.41) is 0. The van der Waals surface area contributed by atoms with Crippen molar-refractivity contribution in [2.45, 2.75) is 85.0 Å². The maximum Gasteiger partial charge on any atom is 0.133 e. The molecule has 4 aliphatic rings. The fourth-order valence-corrected chi connectivity index (χ4v) is 7.96. The van der Waals surface area contributed by atoms with Crippen LogP contribution in [0, 0.1) is 40.4 Å². The van der Waals surface area contributed by atoms with E-state index in [1.165, 1.54) is 64.2 Å². The predicted molar refractivity (Wildman–Crippen MR) is 90.5 cm³/mol. The van der Waals surface area contributed by atoms with Crippen molar-refractivity contribution in [3.63, 3.8) is 0 Å². The van der Waals surface area contributed by atoms with Gasteiger partial charge in [0.2, 0.25) is 0 Å². The summed E-state index contributed by atoms with van der Waals surface area (Å²) in [7, 11) is 0. The highest BCUT2D eigenvalue weighted by Gasteiger charge is 2.60. The lowest BCUT2D eigenvalue weighted by Gasteiger charge is -2.60. The summed E-state index contributed by atoms with van der Waals surface area (Å²) in [6.45, 7) is 6.97. The maximum absolute atomic E-state index is 12.2. The smallest absolute Gasteiger partial charge is 0.133 e. The number of Topliss-reactive ketones (excluding diaryl/α,β-unsaturated/α-hetero) is 1. The molecule has 0 bridgehead atoms. The first-order valence-corrected chi connectivity index (χ1v) is 9.97. The minimum atomic E-state index is 0.338. The molecule has 0 aromatic rings. The molecule has 0 aliphatic heterocycles. The van der Waals surface area contributed by atoms with Crippen LogP contribution in [-0.4, -0.2) is 5.78 Å². The van der Waals surface area contributed by atoms with Crippen LogP contribution in [0.15, 0.2) is 0 Å². The number of hydrogen-bond donors (Lipinski definition) is 0. The number of rotatable bonds is 1. The molecule has 0 spiro atoms. The molecule has 4 saturated carbocycles. The Labute approximate surface area is 136 Å². The Kier molecular flexibility index (Phi) is 3.51. The largest absolute Gasteiger partial charge is 0.300 e. The van der Waals surface area contributed by atoms with Crippen LogP contribution in [0.1, 0.15) is 85.0 Å². The van der Waals surface area contributed by atoms with E-state index in [9.17, 15) is 4.79 Å². The van der Waals surface area contributed by atoms with Gasteiger partial charge in [-0.05, 0) is 92.8 Å². The molecule has 4 rings (SSSR count). The van der Waals surface area contributed by atoms with Gasteiger partial charge in [-0.25, -0.2) is 0 Å². The van der Waals surface area contributed by atoms with Gasteiger partial charge in [-0.3, -0.25) is 4.79 Å². The summed E-state index contributed by atoms with van der Waals surface area (Å²) >= 11 is 0. The Hall–Kier alpha value is -0.330. The normalized spacial score (nSPS) is 54.2. The van der Waals surface area contributed by atoms with E-state index in [0.29, 0.717) is 22.5 Å². The topological polar surface area (TPSA) is 17.1 Å². The van der Waals surface area contributed by atoms with E-state index in [1.54, 1.807) is 0 Å². The minimum Gasteiger partial charge on any atom is -0.300 e. The van der Waals surface area contributed by atoms with Crippen molar-refractivity contribution in [2.75, 3.05) is 0 Å². The highest BCUT2D eigenvalue weighted by molar-refractivity contribution is 5.79. The third-order valence-electron chi connectivity index (χ3n) is 9.07. The van der Waals surface area contributed by atoms with Gasteiger partial charge in [-0.2, -0.15) is 0 Å². The molecule has 0 amide bonds. The average molecular weight is 303 g/mol. The van der Waals surface area contributed by atoms with Gasteiger partial charge in [0.15, 0.2) is 0 Å². The van der Waals surface area contributed by atoms with Crippen molar-refractivity contribution in [1.82, 2.24) is 0 Å². The standard InChI is InChI=1S/C21H34O/c1-14(22)17-9-10-18-16-8-7-15-6-4-5-12-20(15,2)19(16)11-13-21(17,18)3/h15-19H,4-13H2,1-3H3/t15?,16?,17-,18?,19?,20?,21?/m1/s1. The maximum atomic E-state index is 12.2. The van der Waals surface area contributed by atoms with E-state index in [2.05, 4.69) is 13.8 Å². The summed E-state index contributed by atoms with van der Waals surface area (Å²) in [5.74, 6) is 4.60. The van der Waals surface area contributed by atoms with Crippen LogP contribution < -0.4 is 0 Å². The summed E-state index contributed by atoms with van der Waals surface area (Å²) in [5.41, 5.74) is 0.974. The summed E-state index contributed by atoms with van der Waals surface area (Å²) in [4.78, 5) is 12.2. The summed E-state index contributed by atoms with van der Waals surface area (Å²) in [6, 6.07) is 0. The Bertz CT molecular complexity index is 469. The second-order valence-corrected chi connectivity index (χ2v) is 9.69. The van der Waals surface area contributed by atoms with E-state index in [4.69, 9.17) is 0 Å². The van der Waals surface area contributed by atoms with Crippen LogP contribution in [0.2, 0.25) is 0 Å². The monoisotopic (exact) mass is 302 g/mol. The lowest BCUT2D eigenvalue weighted by atomic mass is 9.45. The molecule has 4 fully saturated rings. The third kappa shape index (κ3) is 1.93. The van der Waals surface area contributed by atoms with E-state index in [1.807, 2.05) is 6.92 Å².